The van der Waals surface area contributed by atoms with Crippen LogP contribution in [-0.2, 0) is 20.8 Å². The zero-order chi connectivity index (χ0) is 26.5. The van der Waals surface area contributed by atoms with Crippen molar-refractivity contribution in [2.45, 2.75) is 71.9 Å². The number of aryl methyl sites for hydroxylation is 1. The van der Waals surface area contributed by atoms with Gasteiger partial charge >= 0.3 is 12.1 Å². The average Bonchev–Trinajstić information content (AvgIpc) is 3.36. The molecule has 2 atom stereocenters. The lowest BCUT2D eigenvalue weighted by molar-refractivity contribution is -0.0866. The first kappa shape index (κ1) is 26.5. The second-order valence-corrected chi connectivity index (χ2v) is 9.75. The van der Waals surface area contributed by atoms with Gasteiger partial charge in [0.15, 0.2) is 0 Å². The smallest absolute Gasteiger partial charge is 0.496 e. The number of carbonyl (C=O) groups is 2. The van der Waals surface area contributed by atoms with E-state index in [0.717, 1.165) is 54.7 Å². The van der Waals surface area contributed by atoms with Crippen LogP contribution in [0.1, 0.15) is 73.1 Å². The van der Waals surface area contributed by atoms with E-state index in [1.54, 1.807) is 33.1 Å². The minimum absolute atomic E-state index is 0.229. The van der Waals surface area contributed by atoms with Crippen molar-refractivity contribution in [2.24, 2.45) is 0 Å². The number of likely N-dealkylation sites (tertiary alicyclic amines) is 1. The summed E-state index contributed by atoms with van der Waals surface area (Å²) in [5.41, 5.74) is 5.03. The van der Waals surface area contributed by atoms with Gasteiger partial charge in [-0.2, -0.15) is 0 Å². The molecule has 1 N–H and O–H groups in total. The van der Waals surface area contributed by atoms with Crippen LogP contribution >= 0.6 is 0 Å². The van der Waals surface area contributed by atoms with Crippen LogP contribution < -0.4 is 4.74 Å². The van der Waals surface area contributed by atoms with E-state index in [0.29, 0.717) is 5.56 Å². The van der Waals surface area contributed by atoms with Crippen molar-refractivity contribution in [3.05, 3.63) is 64.8 Å². The normalized spacial score (nSPS) is 17.0. The Morgan fingerprint density at radius 1 is 1.05 bits per heavy atom. The summed E-state index contributed by atoms with van der Waals surface area (Å²) in [7, 11) is 1.72. The van der Waals surface area contributed by atoms with E-state index < -0.39 is 18.4 Å². The third-order valence-electron chi connectivity index (χ3n) is 6.70. The Hall–Kier alpha value is -3.52. The highest BCUT2D eigenvalue weighted by Gasteiger charge is 2.26. The second kappa shape index (κ2) is 11.7. The van der Waals surface area contributed by atoms with Gasteiger partial charge < -0.3 is 23.9 Å². The average molecular weight is 509 g/mol. The van der Waals surface area contributed by atoms with E-state index in [2.05, 4.69) is 28.9 Å². The third kappa shape index (κ3) is 6.25. The van der Waals surface area contributed by atoms with Gasteiger partial charge in [0.1, 0.15) is 5.75 Å². The fraction of sp³-hybridized carbons (Fsp3) is 0.448. The van der Waals surface area contributed by atoms with Crippen LogP contribution in [-0.4, -0.2) is 48.1 Å². The molecule has 0 radical (unpaired) electrons. The monoisotopic (exact) mass is 508 g/mol. The summed E-state index contributed by atoms with van der Waals surface area (Å²) < 4.78 is 20.9. The van der Waals surface area contributed by atoms with Gasteiger partial charge in [0.05, 0.1) is 18.8 Å². The summed E-state index contributed by atoms with van der Waals surface area (Å²) in [5, 5.41) is 1.19. The Morgan fingerprint density at radius 3 is 2.51 bits per heavy atom. The zero-order valence-electron chi connectivity index (χ0n) is 22.2. The lowest BCUT2D eigenvalue weighted by atomic mass is 9.93. The number of piperidine rings is 1. The lowest BCUT2D eigenvalue weighted by Gasteiger charge is -2.36. The van der Waals surface area contributed by atoms with Crippen LogP contribution in [0.5, 0.6) is 5.75 Å². The summed E-state index contributed by atoms with van der Waals surface area (Å²) in [4.78, 5) is 30.0. The first-order valence-electron chi connectivity index (χ1n) is 12.8. The first-order valence-corrected chi connectivity index (χ1v) is 12.8. The SMILES string of the molecule is COc1cc(C)c2[nH]ccc2c1CN1CCCC[C@H]1c1ccc(C(=O)O[C@H](C)OC(=O)OC(C)C)cc1. The fourth-order valence-electron chi connectivity index (χ4n) is 4.98. The number of carbonyl (C=O) groups excluding carboxylic acids is 2. The number of nitrogens with zero attached hydrogens (tertiary/aromatic N) is 1. The van der Waals surface area contributed by atoms with Crippen LogP contribution in [0.3, 0.4) is 0 Å². The Labute approximate surface area is 217 Å². The molecule has 8 nitrogen and oxygen atoms in total. The van der Waals surface area contributed by atoms with Gasteiger partial charge in [-0.3, -0.25) is 4.90 Å². The van der Waals surface area contributed by atoms with Crippen LogP contribution in [0.15, 0.2) is 42.6 Å². The molecular weight excluding hydrogens is 472 g/mol. The molecule has 1 aliphatic rings. The van der Waals surface area contributed by atoms with E-state index in [1.807, 2.05) is 18.3 Å². The largest absolute Gasteiger partial charge is 0.511 e. The number of aromatic nitrogens is 1. The Morgan fingerprint density at radius 2 is 1.81 bits per heavy atom. The number of benzene rings is 2. The number of methoxy groups -OCH3 is 1. The molecule has 0 amide bonds. The molecule has 1 saturated heterocycles. The molecular formula is C29H36N2O6. The van der Waals surface area contributed by atoms with E-state index in [9.17, 15) is 9.59 Å². The van der Waals surface area contributed by atoms with Crippen LogP contribution in [0.2, 0.25) is 0 Å². The molecule has 8 heteroatoms. The van der Waals surface area contributed by atoms with E-state index in [4.69, 9.17) is 18.9 Å². The fourth-order valence-corrected chi connectivity index (χ4v) is 4.98. The van der Waals surface area contributed by atoms with Gasteiger partial charge in [0.25, 0.3) is 0 Å². The number of esters is 1. The van der Waals surface area contributed by atoms with Crippen molar-refractivity contribution in [1.82, 2.24) is 9.88 Å². The molecule has 3 aromatic rings. The Bertz CT molecular complexity index is 1230. The molecule has 4 rings (SSSR count). The molecule has 1 aliphatic heterocycles. The number of hydrogen-bond donors (Lipinski definition) is 1. The zero-order valence-corrected chi connectivity index (χ0v) is 22.2. The highest BCUT2D eigenvalue weighted by Crippen LogP contribution is 2.37. The molecule has 0 saturated carbocycles. The summed E-state index contributed by atoms with van der Waals surface area (Å²) in [6.45, 7) is 8.75. The number of rotatable bonds is 8. The molecule has 37 heavy (non-hydrogen) atoms. The van der Waals surface area contributed by atoms with E-state index in [-0.39, 0.29) is 12.1 Å². The van der Waals surface area contributed by atoms with Crippen LogP contribution in [0.4, 0.5) is 4.79 Å². The third-order valence-corrected chi connectivity index (χ3v) is 6.70. The molecule has 1 aromatic heterocycles. The summed E-state index contributed by atoms with van der Waals surface area (Å²) in [6.07, 6.45) is 3.07. The summed E-state index contributed by atoms with van der Waals surface area (Å²) in [5.74, 6) is 0.344. The quantitative estimate of drug-likeness (QED) is 0.283. The summed E-state index contributed by atoms with van der Waals surface area (Å²) in [6, 6.07) is 11.9. The number of hydrogen-bond acceptors (Lipinski definition) is 7. The minimum Gasteiger partial charge on any atom is -0.496 e. The van der Waals surface area contributed by atoms with Gasteiger partial charge in [0, 0.05) is 42.2 Å². The molecule has 0 unspecified atom stereocenters. The summed E-state index contributed by atoms with van der Waals surface area (Å²) >= 11 is 0. The van der Waals surface area contributed by atoms with E-state index >= 15 is 0 Å². The molecule has 0 bridgehead atoms. The van der Waals surface area contributed by atoms with Gasteiger partial charge in [-0.25, -0.2) is 9.59 Å². The second-order valence-electron chi connectivity index (χ2n) is 9.75. The maximum absolute atomic E-state index is 12.6. The molecule has 2 aromatic carbocycles. The van der Waals surface area contributed by atoms with Crippen LogP contribution in [0, 0.1) is 6.92 Å². The van der Waals surface area contributed by atoms with Gasteiger partial charge in [-0.15, -0.1) is 0 Å². The van der Waals surface area contributed by atoms with Crippen LogP contribution in [0.25, 0.3) is 10.9 Å². The standard InChI is InChI=1S/C29H36N2O6/c1-18(2)35-29(33)37-20(4)36-28(32)22-11-9-21(10-12-22)25-8-6-7-15-31(25)17-24-23-13-14-30-27(23)19(3)16-26(24)34-5/h9-14,16,18,20,25,30H,6-8,15,17H2,1-5H3/t20-,25-/m0/s1. The van der Waals surface area contributed by atoms with Gasteiger partial charge in [0.2, 0.25) is 6.29 Å². The van der Waals surface area contributed by atoms with Crippen molar-refractivity contribution in [3.8, 4) is 5.75 Å². The Balaban J connectivity index is 1.47. The molecule has 2 heterocycles. The molecule has 1 fully saturated rings. The van der Waals surface area contributed by atoms with Crippen molar-refractivity contribution in [3.63, 3.8) is 0 Å². The highest BCUT2D eigenvalue weighted by molar-refractivity contribution is 5.89. The minimum atomic E-state index is -1.05. The van der Waals surface area contributed by atoms with Crippen molar-refractivity contribution in [2.75, 3.05) is 13.7 Å². The van der Waals surface area contributed by atoms with Gasteiger partial charge in [-0.05, 0) is 75.5 Å². The lowest BCUT2D eigenvalue weighted by Crippen LogP contribution is -2.33. The number of fused-ring (bicyclic) bond motifs is 1. The molecule has 198 valence electrons. The molecule has 0 aliphatic carbocycles. The number of H-pyrrole nitrogens is 1. The van der Waals surface area contributed by atoms with Crippen molar-refractivity contribution in [1.29, 1.82) is 0 Å². The maximum atomic E-state index is 12.6. The van der Waals surface area contributed by atoms with E-state index in [1.165, 1.54) is 17.9 Å². The van der Waals surface area contributed by atoms with Crippen molar-refractivity contribution >= 4 is 23.0 Å². The first-order chi connectivity index (χ1) is 17.8. The number of aromatic amines is 1. The van der Waals surface area contributed by atoms with Gasteiger partial charge in [-0.1, -0.05) is 18.6 Å². The molecule has 0 spiro atoms. The Kier molecular flexibility index (Phi) is 8.38. The predicted molar refractivity (Wildman–Crippen MR) is 141 cm³/mol. The predicted octanol–water partition coefficient (Wildman–Crippen LogP) is 6.28. The number of nitrogens with one attached hydrogen (secondary N) is 1. The highest BCUT2D eigenvalue weighted by atomic mass is 16.8. The van der Waals surface area contributed by atoms with Crippen molar-refractivity contribution < 1.29 is 28.5 Å². The number of ether oxygens (including phenoxy) is 4. The topological polar surface area (TPSA) is 90.1 Å². The maximum Gasteiger partial charge on any atom is 0.511 e.